The smallest absolute Gasteiger partial charge is 0.252 e. The van der Waals surface area contributed by atoms with Crippen LogP contribution in [0.4, 0.5) is 11.4 Å². The molecule has 0 saturated heterocycles. The van der Waals surface area contributed by atoms with Crippen LogP contribution in [0.2, 0.25) is 0 Å². The third kappa shape index (κ3) is 12.9. The zero-order valence-corrected chi connectivity index (χ0v) is 28.5. The molecule has 0 unspecified atom stereocenters. The molecule has 0 aliphatic carbocycles. The number of rotatable bonds is 19. The molecular formula is C38H42N4O4S2. The SMILES string of the molecule is O=C(CCCCCNC(=O)c1ccccc1SSc1ccccc1C(=O)NCCCCCC(=O)Nc1ccccc1)Nc1ccccc1. The van der Waals surface area contributed by atoms with E-state index in [4.69, 9.17) is 0 Å². The molecule has 4 rings (SSSR count). The van der Waals surface area contributed by atoms with Gasteiger partial charge in [-0.05, 0) is 74.2 Å². The second kappa shape index (κ2) is 20.6. The standard InChI is InChI=1S/C38H42N4O4S2/c43-35(41-29-17-5-1-6-18-29)25-9-3-15-27-39-37(45)31-21-11-13-23-33(31)47-48-34-24-14-12-22-32(34)38(46)40-28-16-4-10-26-36(44)42-30-19-7-2-8-20-30/h1-2,5-8,11-14,17-24H,3-4,9-10,15-16,25-28H2,(H,39,45)(H,40,46)(H,41,43)(H,42,44). The summed E-state index contributed by atoms with van der Waals surface area (Å²) in [6, 6.07) is 33.7. The molecule has 0 spiro atoms. The van der Waals surface area contributed by atoms with Crippen molar-refractivity contribution in [3.63, 3.8) is 0 Å². The van der Waals surface area contributed by atoms with Gasteiger partial charge in [-0.25, -0.2) is 0 Å². The van der Waals surface area contributed by atoms with Gasteiger partial charge in [-0.15, -0.1) is 0 Å². The fourth-order valence-corrected chi connectivity index (χ4v) is 7.16. The molecule has 0 aliphatic heterocycles. The van der Waals surface area contributed by atoms with Crippen LogP contribution in [0.25, 0.3) is 0 Å². The van der Waals surface area contributed by atoms with Gasteiger partial charge in [0.1, 0.15) is 0 Å². The molecule has 48 heavy (non-hydrogen) atoms. The van der Waals surface area contributed by atoms with E-state index in [1.54, 1.807) is 12.1 Å². The van der Waals surface area contributed by atoms with E-state index in [0.717, 1.165) is 59.7 Å². The number of amides is 4. The molecule has 0 aromatic heterocycles. The van der Waals surface area contributed by atoms with Gasteiger partial charge in [0.25, 0.3) is 11.8 Å². The number of hydrogen-bond donors (Lipinski definition) is 4. The number of carbonyl (C=O) groups is 4. The molecule has 4 aromatic rings. The molecule has 0 saturated carbocycles. The van der Waals surface area contributed by atoms with Gasteiger partial charge in [0.2, 0.25) is 11.8 Å². The Morgan fingerprint density at radius 2 is 0.812 bits per heavy atom. The van der Waals surface area contributed by atoms with E-state index in [1.807, 2.05) is 97.1 Å². The minimum absolute atomic E-state index is 0.00911. The van der Waals surface area contributed by atoms with E-state index in [0.29, 0.717) is 37.1 Å². The van der Waals surface area contributed by atoms with Crippen LogP contribution in [0.1, 0.15) is 72.1 Å². The average Bonchev–Trinajstić information content (AvgIpc) is 3.11. The van der Waals surface area contributed by atoms with Crippen LogP contribution in [-0.4, -0.2) is 36.7 Å². The fourth-order valence-electron chi connectivity index (χ4n) is 4.80. The van der Waals surface area contributed by atoms with Crippen LogP contribution in [0, 0.1) is 0 Å². The maximum absolute atomic E-state index is 13.0. The minimum Gasteiger partial charge on any atom is -0.352 e. The van der Waals surface area contributed by atoms with Gasteiger partial charge in [-0.2, -0.15) is 0 Å². The lowest BCUT2D eigenvalue weighted by molar-refractivity contribution is -0.117. The third-order valence-corrected chi connectivity index (χ3v) is 9.81. The fraction of sp³-hybridized carbons (Fsp3) is 0.263. The Balaban J connectivity index is 1.15. The summed E-state index contributed by atoms with van der Waals surface area (Å²) in [7, 11) is 2.89. The largest absolute Gasteiger partial charge is 0.352 e. The molecular weight excluding hydrogens is 641 g/mol. The minimum atomic E-state index is -0.149. The highest BCUT2D eigenvalue weighted by atomic mass is 33.1. The van der Waals surface area contributed by atoms with Gasteiger partial charge in [0.15, 0.2) is 0 Å². The number of nitrogens with one attached hydrogen (secondary N) is 4. The van der Waals surface area contributed by atoms with Crippen molar-refractivity contribution in [3.05, 3.63) is 120 Å². The summed E-state index contributed by atoms with van der Waals surface area (Å²) >= 11 is 0. The first-order valence-corrected chi connectivity index (χ1v) is 18.4. The lowest BCUT2D eigenvalue weighted by Gasteiger charge is -2.12. The van der Waals surface area contributed by atoms with Gasteiger partial charge in [-0.3, -0.25) is 19.2 Å². The summed E-state index contributed by atoms with van der Waals surface area (Å²) in [5.41, 5.74) is 2.75. The molecule has 10 heteroatoms. The lowest BCUT2D eigenvalue weighted by Crippen LogP contribution is -2.25. The van der Waals surface area contributed by atoms with Crippen molar-refractivity contribution in [2.75, 3.05) is 23.7 Å². The third-order valence-electron chi connectivity index (χ3n) is 7.33. The maximum atomic E-state index is 13.0. The van der Waals surface area contributed by atoms with Crippen molar-refractivity contribution in [2.45, 2.75) is 61.2 Å². The summed E-state index contributed by atoms with van der Waals surface area (Å²) in [6.45, 7) is 1.05. The molecule has 0 fully saturated rings. The van der Waals surface area contributed by atoms with Gasteiger partial charge in [0.05, 0.1) is 11.1 Å². The highest BCUT2D eigenvalue weighted by molar-refractivity contribution is 8.76. The van der Waals surface area contributed by atoms with Crippen molar-refractivity contribution >= 4 is 56.6 Å². The molecule has 0 atom stereocenters. The molecule has 0 aliphatic rings. The zero-order chi connectivity index (χ0) is 33.8. The predicted molar refractivity (Wildman–Crippen MR) is 196 cm³/mol. The first-order valence-electron chi connectivity index (χ1n) is 16.3. The first kappa shape index (κ1) is 36.3. The molecule has 0 bridgehead atoms. The number of unbranched alkanes of at least 4 members (excludes halogenated alkanes) is 4. The van der Waals surface area contributed by atoms with E-state index in [-0.39, 0.29) is 23.6 Å². The van der Waals surface area contributed by atoms with Gasteiger partial charge in [-0.1, -0.05) is 95.1 Å². The van der Waals surface area contributed by atoms with Crippen LogP contribution in [0.3, 0.4) is 0 Å². The quantitative estimate of drug-likeness (QED) is 0.0584. The summed E-state index contributed by atoms with van der Waals surface area (Å²) in [4.78, 5) is 51.9. The maximum Gasteiger partial charge on any atom is 0.252 e. The van der Waals surface area contributed by atoms with E-state index in [2.05, 4.69) is 21.3 Å². The second-order valence-electron chi connectivity index (χ2n) is 11.1. The summed E-state index contributed by atoms with van der Waals surface area (Å²) in [5, 5.41) is 11.8. The highest BCUT2D eigenvalue weighted by Crippen LogP contribution is 2.40. The Bertz CT molecular complexity index is 1500. The predicted octanol–water partition coefficient (Wildman–Crippen LogP) is 8.34. The molecule has 4 aromatic carbocycles. The highest BCUT2D eigenvalue weighted by Gasteiger charge is 2.15. The normalized spacial score (nSPS) is 10.6. The van der Waals surface area contributed by atoms with Crippen molar-refractivity contribution < 1.29 is 19.2 Å². The molecule has 8 nitrogen and oxygen atoms in total. The summed E-state index contributed by atoms with van der Waals surface area (Å²) in [6.07, 6.45) is 5.60. The van der Waals surface area contributed by atoms with Crippen molar-refractivity contribution in [1.29, 1.82) is 0 Å². The van der Waals surface area contributed by atoms with Crippen LogP contribution >= 0.6 is 21.6 Å². The average molecular weight is 683 g/mol. The molecule has 250 valence electrons. The Morgan fingerprint density at radius 1 is 0.438 bits per heavy atom. The number of anilines is 2. The topological polar surface area (TPSA) is 116 Å². The number of para-hydroxylation sites is 2. The molecule has 4 amide bonds. The van der Waals surface area contributed by atoms with Crippen LogP contribution in [0.15, 0.2) is 119 Å². The monoisotopic (exact) mass is 682 g/mol. The van der Waals surface area contributed by atoms with Crippen molar-refractivity contribution in [3.8, 4) is 0 Å². The Kier molecular flexibility index (Phi) is 15.6. The summed E-state index contributed by atoms with van der Waals surface area (Å²) < 4.78 is 0. The van der Waals surface area contributed by atoms with E-state index in [9.17, 15) is 19.2 Å². The summed E-state index contributed by atoms with van der Waals surface area (Å²) in [5.74, 6) is -0.316. The molecule has 4 N–H and O–H groups in total. The van der Waals surface area contributed by atoms with E-state index < -0.39 is 0 Å². The Morgan fingerprint density at radius 3 is 1.23 bits per heavy atom. The zero-order valence-electron chi connectivity index (χ0n) is 26.9. The van der Waals surface area contributed by atoms with Gasteiger partial charge >= 0.3 is 0 Å². The molecule has 0 radical (unpaired) electrons. The van der Waals surface area contributed by atoms with Crippen LogP contribution < -0.4 is 21.3 Å². The lowest BCUT2D eigenvalue weighted by atomic mass is 10.1. The van der Waals surface area contributed by atoms with Gasteiger partial charge in [0, 0.05) is 47.1 Å². The van der Waals surface area contributed by atoms with Crippen LogP contribution in [-0.2, 0) is 9.59 Å². The van der Waals surface area contributed by atoms with E-state index >= 15 is 0 Å². The van der Waals surface area contributed by atoms with Crippen molar-refractivity contribution in [1.82, 2.24) is 10.6 Å². The number of carbonyl (C=O) groups excluding carboxylic acids is 4. The molecule has 0 heterocycles. The van der Waals surface area contributed by atoms with Gasteiger partial charge < -0.3 is 21.3 Å². The van der Waals surface area contributed by atoms with E-state index in [1.165, 1.54) is 21.6 Å². The number of benzene rings is 4. The number of hydrogen-bond acceptors (Lipinski definition) is 6. The second-order valence-corrected chi connectivity index (χ2v) is 13.3. The van der Waals surface area contributed by atoms with Crippen LogP contribution in [0.5, 0.6) is 0 Å². The Hall–Kier alpha value is -4.54. The Labute approximate surface area is 290 Å². The first-order chi connectivity index (χ1) is 23.5. The van der Waals surface area contributed by atoms with Crippen molar-refractivity contribution in [2.24, 2.45) is 0 Å².